The van der Waals surface area contributed by atoms with E-state index in [1.165, 1.54) is 5.56 Å². The molecule has 0 aromatic carbocycles. The predicted octanol–water partition coefficient (Wildman–Crippen LogP) is 2.35. The first kappa shape index (κ1) is 17.9. The number of rotatable bonds is 7. The smallest absolute Gasteiger partial charge is 0.193 e. The van der Waals surface area contributed by atoms with E-state index in [4.69, 9.17) is 9.41 Å². The summed E-state index contributed by atoms with van der Waals surface area (Å²) < 4.78 is 7.29. The van der Waals surface area contributed by atoms with Crippen molar-refractivity contribution in [3.8, 4) is 0 Å². The van der Waals surface area contributed by atoms with Crippen LogP contribution >= 0.6 is 11.8 Å². The fourth-order valence-corrected chi connectivity index (χ4v) is 3.41. The van der Waals surface area contributed by atoms with Gasteiger partial charge in [0.05, 0.1) is 19.0 Å². The van der Waals surface area contributed by atoms with Gasteiger partial charge >= 0.3 is 0 Å². The van der Waals surface area contributed by atoms with Crippen LogP contribution in [0.15, 0.2) is 40.2 Å². The van der Waals surface area contributed by atoms with Crippen molar-refractivity contribution < 1.29 is 4.42 Å². The van der Waals surface area contributed by atoms with Crippen LogP contribution in [0.3, 0.4) is 0 Å². The molecule has 2 aromatic rings. The molecule has 1 aliphatic rings. The lowest BCUT2D eigenvalue weighted by atomic mass is 10.0. The van der Waals surface area contributed by atoms with Crippen LogP contribution in [-0.2, 0) is 13.5 Å². The third kappa shape index (κ3) is 5.04. The van der Waals surface area contributed by atoms with E-state index in [0.29, 0.717) is 5.92 Å². The molecule has 0 amide bonds. The monoisotopic (exact) mass is 361 g/mol. The van der Waals surface area contributed by atoms with Crippen molar-refractivity contribution in [3.05, 3.63) is 42.1 Å². The Morgan fingerprint density at radius 2 is 2.44 bits per heavy atom. The Morgan fingerprint density at radius 3 is 3.16 bits per heavy atom. The van der Waals surface area contributed by atoms with Crippen molar-refractivity contribution in [3.63, 3.8) is 0 Å². The summed E-state index contributed by atoms with van der Waals surface area (Å²) in [7, 11) is 1.97. The molecule has 0 bridgehead atoms. The second-order valence-electron chi connectivity index (χ2n) is 6.33. The zero-order valence-corrected chi connectivity index (χ0v) is 15.8. The molecule has 0 saturated carbocycles. The molecule has 6 nitrogen and oxygen atoms in total. The van der Waals surface area contributed by atoms with Crippen LogP contribution in [0, 0.1) is 0 Å². The molecule has 1 aliphatic heterocycles. The highest BCUT2D eigenvalue weighted by molar-refractivity contribution is 7.98. The Hall–Kier alpha value is -1.89. The van der Waals surface area contributed by atoms with E-state index in [9.17, 15) is 0 Å². The van der Waals surface area contributed by atoms with Crippen molar-refractivity contribution in [2.45, 2.75) is 18.8 Å². The first-order valence-electron chi connectivity index (χ1n) is 8.79. The minimum Gasteiger partial charge on any atom is -0.469 e. The summed E-state index contributed by atoms with van der Waals surface area (Å²) in [6.07, 6.45) is 9.98. The van der Waals surface area contributed by atoms with Crippen molar-refractivity contribution in [1.29, 1.82) is 0 Å². The molecule has 1 N–H and O–H groups in total. The first-order chi connectivity index (χ1) is 12.3. The fourth-order valence-electron chi connectivity index (χ4n) is 3.14. The molecule has 7 heteroatoms. The summed E-state index contributed by atoms with van der Waals surface area (Å²) in [4.78, 5) is 7.18. The van der Waals surface area contributed by atoms with Crippen LogP contribution in [-0.4, -0.2) is 58.8 Å². The third-order valence-electron chi connectivity index (χ3n) is 4.48. The number of hydrogen-bond donors (Lipinski definition) is 1. The summed E-state index contributed by atoms with van der Waals surface area (Å²) in [5, 5.41) is 7.83. The normalized spacial score (nSPS) is 18.1. The Kier molecular flexibility index (Phi) is 6.44. The van der Waals surface area contributed by atoms with Gasteiger partial charge in [-0.05, 0) is 30.4 Å². The molecule has 3 heterocycles. The van der Waals surface area contributed by atoms with Gasteiger partial charge in [-0.3, -0.25) is 9.67 Å². The van der Waals surface area contributed by atoms with E-state index < -0.39 is 0 Å². The molecule has 0 spiro atoms. The number of guanidine groups is 1. The molecule has 1 fully saturated rings. The third-order valence-corrected chi connectivity index (χ3v) is 5.07. The number of likely N-dealkylation sites (tertiary alicyclic amines) is 1. The van der Waals surface area contributed by atoms with Gasteiger partial charge in [0.1, 0.15) is 5.76 Å². The van der Waals surface area contributed by atoms with Crippen LogP contribution in [0.2, 0.25) is 0 Å². The second kappa shape index (κ2) is 8.99. The lowest BCUT2D eigenvalue weighted by molar-refractivity contribution is 0.475. The van der Waals surface area contributed by atoms with Crippen molar-refractivity contribution in [2.75, 3.05) is 38.2 Å². The Bertz CT molecular complexity index is 667. The van der Waals surface area contributed by atoms with Crippen molar-refractivity contribution >= 4 is 17.7 Å². The predicted molar refractivity (Wildman–Crippen MR) is 103 cm³/mol. The lowest BCUT2D eigenvalue weighted by Crippen LogP contribution is -2.41. The summed E-state index contributed by atoms with van der Waals surface area (Å²) in [6, 6.07) is 3.95. The Balaban J connectivity index is 1.57. The van der Waals surface area contributed by atoms with Gasteiger partial charge in [0.25, 0.3) is 0 Å². The number of nitrogens with one attached hydrogen (secondary N) is 1. The Labute approximate surface area is 153 Å². The first-order valence-corrected chi connectivity index (χ1v) is 10.2. The minimum absolute atomic E-state index is 0.534. The molecule has 1 unspecified atom stereocenters. The van der Waals surface area contributed by atoms with Gasteiger partial charge in [0, 0.05) is 51.0 Å². The highest BCUT2D eigenvalue weighted by atomic mass is 32.2. The fraction of sp³-hybridized carbons (Fsp3) is 0.556. The average molecular weight is 362 g/mol. The second-order valence-corrected chi connectivity index (χ2v) is 7.32. The summed E-state index contributed by atoms with van der Waals surface area (Å²) in [5.41, 5.74) is 1.32. The van der Waals surface area contributed by atoms with E-state index in [1.54, 1.807) is 6.26 Å². The van der Waals surface area contributed by atoms with Crippen LogP contribution in [0.4, 0.5) is 0 Å². The van der Waals surface area contributed by atoms with Crippen LogP contribution in [0.25, 0.3) is 0 Å². The number of aliphatic imine (C=N–C) groups is 1. The van der Waals surface area contributed by atoms with Gasteiger partial charge in [0.15, 0.2) is 5.96 Å². The van der Waals surface area contributed by atoms with Gasteiger partial charge in [-0.15, -0.1) is 0 Å². The largest absolute Gasteiger partial charge is 0.469 e. The average Bonchev–Trinajstić information content (AvgIpc) is 3.35. The van der Waals surface area contributed by atoms with Crippen LogP contribution in [0.1, 0.15) is 23.7 Å². The van der Waals surface area contributed by atoms with Crippen LogP contribution in [0.5, 0.6) is 0 Å². The number of hydrogen-bond acceptors (Lipinski definition) is 4. The quantitative estimate of drug-likeness (QED) is 0.466. The minimum atomic E-state index is 0.534. The van der Waals surface area contributed by atoms with Gasteiger partial charge in [0.2, 0.25) is 0 Å². The molecule has 2 aromatic heterocycles. The molecule has 136 valence electrons. The maximum absolute atomic E-state index is 5.41. The molecular weight excluding hydrogens is 334 g/mol. The topological polar surface area (TPSA) is 58.6 Å². The molecular formula is C18H27N5OS. The van der Waals surface area contributed by atoms with Gasteiger partial charge in [-0.25, -0.2) is 0 Å². The van der Waals surface area contributed by atoms with E-state index >= 15 is 0 Å². The number of aromatic nitrogens is 2. The molecule has 1 saturated heterocycles. The maximum atomic E-state index is 5.41. The molecule has 3 rings (SSSR count). The van der Waals surface area contributed by atoms with Gasteiger partial charge in [-0.1, -0.05) is 0 Å². The maximum Gasteiger partial charge on any atom is 0.193 e. The zero-order valence-electron chi connectivity index (χ0n) is 15.0. The van der Waals surface area contributed by atoms with E-state index in [0.717, 1.165) is 56.5 Å². The van der Waals surface area contributed by atoms with E-state index in [1.807, 2.05) is 41.8 Å². The summed E-state index contributed by atoms with van der Waals surface area (Å²) in [5.74, 6) is 3.60. The standard InChI is InChI=1S/C18H27N5OS/c1-22-13-16(12-21-22)15-6-9-23(14-15)18(20-8-11-25-2)19-7-5-17-4-3-10-24-17/h3-4,10,12-13,15H,5-9,11,14H2,1-2H3,(H,19,20). The van der Waals surface area contributed by atoms with Gasteiger partial charge in [-0.2, -0.15) is 16.9 Å². The molecule has 0 aliphatic carbocycles. The van der Waals surface area contributed by atoms with E-state index in [-0.39, 0.29) is 0 Å². The number of aryl methyl sites for hydroxylation is 1. The van der Waals surface area contributed by atoms with E-state index in [2.05, 4.69) is 27.8 Å². The molecule has 1 atom stereocenters. The van der Waals surface area contributed by atoms with Gasteiger partial charge < -0.3 is 14.6 Å². The SMILES string of the molecule is CSCCN=C(NCCc1ccco1)N1CCC(c2cnn(C)c2)C1. The van der Waals surface area contributed by atoms with Crippen LogP contribution < -0.4 is 5.32 Å². The number of nitrogens with zero attached hydrogens (tertiary/aromatic N) is 4. The molecule has 0 radical (unpaired) electrons. The Morgan fingerprint density at radius 1 is 1.52 bits per heavy atom. The zero-order chi connectivity index (χ0) is 17.5. The van der Waals surface area contributed by atoms with Crippen molar-refractivity contribution in [1.82, 2.24) is 20.0 Å². The highest BCUT2D eigenvalue weighted by Gasteiger charge is 2.26. The highest BCUT2D eigenvalue weighted by Crippen LogP contribution is 2.26. The van der Waals surface area contributed by atoms with Crippen molar-refractivity contribution in [2.24, 2.45) is 12.0 Å². The summed E-state index contributed by atoms with van der Waals surface area (Å²) in [6.45, 7) is 3.71. The number of thioether (sulfide) groups is 1. The number of furan rings is 1. The molecule has 25 heavy (non-hydrogen) atoms. The lowest BCUT2D eigenvalue weighted by Gasteiger charge is -2.22. The summed E-state index contributed by atoms with van der Waals surface area (Å²) >= 11 is 1.83.